The number of rotatable bonds is 8. The van der Waals surface area contributed by atoms with Crippen LogP contribution in [0.3, 0.4) is 0 Å². The minimum Gasteiger partial charge on any atom is -0.375 e. The molecule has 1 fully saturated rings. The van der Waals surface area contributed by atoms with Crippen LogP contribution in [0.2, 0.25) is 0 Å². The summed E-state index contributed by atoms with van der Waals surface area (Å²) in [4.78, 5) is 34.5. The average Bonchev–Trinajstić information content (AvgIpc) is 3.20. The predicted molar refractivity (Wildman–Crippen MR) is 139 cm³/mol. The van der Waals surface area contributed by atoms with Crippen LogP contribution in [0.15, 0.2) is 48.3 Å². The van der Waals surface area contributed by atoms with E-state index in [-0.39, 0.29) is 18.4 Å². The third kappa shape index (κ3) is 4.30. The van der Waals surface area contributed by atoms with Crippen molar-refractivity contribution in [2.75, 3.05) is 25.6 Å². The highest BCUT2D eigenvalue weighted by atomic mass is 16.5. The third-order valence-corrected chi connectivity index (χ3v) is 7.99. The lowest BCUT2D eigenvalue weighted by atomic mass is 9.48. The molecule has 0 unspecified atom stereocenters. The molecule has 3 aliphatic rings. The quantitative estimate of drug-likeness (QED) is 0.461. The summed E-state index contributed by atoms with van der Waals surface area (Å²) in [5.41, 5.74) is 5.04. The second-order valence-electron chi connectivity index (χ2n) is 10.4. The van der Waals surface area contributed by atoms with Crippen LogP contribution in [0.5, 0.6) is 0 Å². The number of hydrogen-bond acceptors (Lipinski definition) is 5. The number of amides is 2. The highest BCUT2D eigenvalue weighted by Gasteiger charge is 2.50. The minimum absolute atomic E-state index is 0.0719. The van der Waals surface area contributed by atoms with Gasteiger partial charge in [0.05, 0.1) is 16.6 Å². The van der Waals surface area contributed by atoms with Crippen molar-refractivity contribution in [3.8, 4) is 11.4 Å². The number of fused-ring (bicyclic) bond motifs is 2. The molecule has 1 saturated carbocycles. The normalized spacial score (nSPS) is 19.9. The van der Waals surface area contributed by atoms with Gasteiger partial charge in [-0.15, -0.1) is 0 Å². The summed E-state index contributed by atoms with van der Waals surface area (Å²) in [6.07, 6.45) is 9.07. The molecule has 2 atom stereocenters. The molecule has 3 aliphatic carbocycles. The van der Waals surface area contributed by atoms with Crippen LogP contribution in [-0.4, -0.2) is 46.6 Å². The van der Waals surface area contributed by atoms with E-state index >= 15 is 0 Å². The zero-order chi connectivity index (χ0) is 25.4. The van der Waals surface area contributed by atoms with Gasteiger partial charge in [0.1, 0.15) is 12.4 Å². The molecule has 8 heteroatoms. The number of methoxy groups -OCH3 is 1. The Kier molecular flexibility index (Phi) is 6.38. The third-order valence-electron chi connectivity index (χ3n) is 7.99. The summed E-state index contributed by atoms with van der Waals surface area (Å²) in [5, 5.41) is 5.93. The van der Waals surface area contributed by atoms with E-state index in [1.807, 2.05) is 23.7 Å². The van der Waals surface area contributed by atoms with Gasteiger partial charge in [0, 0.05) is 44.3 Å². The largest absolute Gasteiger partial charge is 0.375 e. The smallest absolute Gasteiger partial charge is 0.253 e. The number of imidazole rings is 1. The van der Waals surface area contributed by atoms with Crippen LogP contribution >= 0.6 is 0 Å². The number of aromatic nitrogens is 3. The maximum atomic E-state index is 13.5. The molecule has 0 saturated heterocycles. The fourth-order valence-corrected chi connectivity index (χ4v) is 5.86. The Bertz CT molecular complexity index is 1340. The van der Waals surface area contributed by atoms with E-state index in [9.17, 15) is 9.59 Å². The predicted octanol–water partition coefficient (Wildman–Crippen LogP) is 4.33. The molecule has 188 valence electrons. The number of aryl methyl sites for hydroxylation is 1. The van der Waals surface area contributed by atoms with Crippen LogP contribution in [0, 0.1) is 17.3 Å². The Morgan fingerprint density at radius 3 is 2.69 bits per heavy atom. The molecule has 0 aliphatic heterocycles. The lowest BCUT2D eigenvalue weighted by molar-refractivity contribution is -0.119. The Balaban J connectivity index is 1.42. The summed E-state index contributed by atoms with van der Waals surface area (Å²) in [5.74, 6) is 1.66. The van der Waals surface area contributed by atoms with E-state index in [2.05, 4.69) is 35.5 Å². The van der Waals surface area contributed by atoms with E-state index in [4.69, 9.17) is 9.72 Å². The number of pyridine rings is 1. The first kappa shape index (κ1) is 24.2. The Hall–Kier alpha value is -3.52. The molecule has 2 bridgehead atoms. The zero-order valence-corrected chi connectivity index (χ0v) is 21.3. The van der Waals surface area contributed by atoms with Gasteiger partial charge in [-0.05, 0) is 60.8 Å². The Morgan fingerprint density at radius 1 is 1.22 bits per heavy atom. The van der Waals surface area contributed by atoms with E-state index in [0.717, 1.165) is 30.1 Å². The molecule has 36 heavy (non-hydrogen) atoms. The van der Waals surface area contributed by atoms with Crippen molar-refractivity contribution in [2.45, 2.75) is 33.1 Å². The molecule has 2 N–H and O–H groups in total. The number of benzene rings is 1. The monoisotopic (exact) mass is 487 g/mol. The standard InChI is InChI=1S/C28H33N5O3/c1-28(2)19-6-5-17(22(28)13-19)9-12-30-27(35)21-14-20(31-24(34)16-36-4)15-23-25(21)33(3)26(32-23)18-7-10-29-11-8-18/h5,7-8,10-11,14-15,19,22H,6,9,12-13,16H2,1-4H3,(H,30,35)(H,31,34)/t19-,22-/m0/s1. The highest BCUT2D eigenvalue weighted by molar-refractivity contribution is 6.08. The molecule has 0 radical (unpaired) electrons. The van der Waals surface area contributed by atoms with E-state index < -0.39 is 0 Å². The van der Waals surface area contributed by atoms with Gasteiger partial charge in [-0.2, -0.15) is 0 Å². The molecule has 1 aromatic carbocycles. The average molecular weight is 488 g/mol. The number of hydrogen-bond donors (Lipinski definition) is 2. The second kappa shape index (κ2) is 9.50. The van der Waals surface area contributed by atoms with Crippen molar-refractivity contribution in [3.63, 3.8) is 0 Å². The van der Waals surface area contributed by atoms with Gasteiger partial charge >= 0.3 is 0 Å². The van der Waals surface area contributed by atoms with Crippen molar-refractivity contribution in [1.82, 2.24) is 19.9 Å². The fourth-order valence-electron chi connectivity index (χ4n) is 5.86. The van der Waals surface area contributed by atoms with Gasteiger partial charge in [0.2, 0.25) is 5.91 Å². The van der Waals surface area contributed by atoms with Gasteiger partial charge in [-0.1, -0.05) is 25.5 Å². The number of carbonyl (C=O) groups is 2. The maximum absolute atomic E-state index is 13.5. The number of anilines is 1. The van der Waals surface area contributed by atoms with E-state index in [1.54, 1.807) is 24.5 Å². The topological polar surface area (TPSA) is 98.1 Å². The Labute approximate surface area is 211 Å². The molecule has 2 aromatic heterocycles. The van der Waals surface area contributed by atoms with E-state index in [1.165, 1.54) is 19.1 Å². The first-order valence-corrected chi connectivity index (χ1v) is 12.5. The van der Waals surface area contributed by atoms with Crippen molar-refractivity contribution in [3.05, 3.63) is 53.9 Å². The number of nitrogens with one attached hydrogen (secondary N) is 2. The summed E-state index contributed by atoms with van der Waals surface area (Å²) < 4.78 is 6.85. The molecule has 2 amide bonds. The lowest BCUT2D eigenvalue weighted by Gasteiger charge is -2.56. The number of ether oxygens (including phenoxy) is 1. The summed E-state index contributed by atoms with van der Waals surface area (Å²) in [7, 11) is 3.36. The number of carbonyl (C=O) groups excluding carboxylic acids is 2. The molecule has 6 rings (SSSR count). The van der Waals surface area contributed by atoms with Crippen molar-refractivity contribution < 1.29 is 14.3 Å². The molecule has 2 heterocycles. The van der Waals surface area contributed by atoms with Crippen LogP contribution in [-0.2, 0) is 16.6 Å². The molecule has 0 spiro atoms. The molecule has 8 nitrogen and oxygen atoms in total. The van der Waals surface area contributed by atoms with Crippen LogP contribution in [0.1, 0.15) is 43.5 Å². The number of nitrogens with zero attached hydrogens (tertiary/aromatic N) is 3. The van der Waals surface area contributed by atoms with Crippen LogP contribution < -0.4 is 10.6 Å². The summed E-state index contributed by atoms with van der Waals surface area (Å²) in [6, 6.07) is 7.26. The van der Waals surface area contributed by atoms with Crippen molar-refractivity contribution >= 4 is 28.5 Å². The molecular weight excluding hydrogens is 454 g/mol. The van der Waals surface area contributed by atoms with Gasteiger partial charge in [-0.3, -0.25) is 14.6 Å². The maximum Gasteiger partial charge on any atom is 0.253 e. The molecule has 3 aromatic rings. The summed E-state index contributed by atoms with van der Waals surface area (Å²) in [6.45, 7) is 5.22. The first-order chi connectivity index (χ1) is 17.3. The SMILES string of the molecule is COCC(=O)Nc1cc(C(=O)NCCC2=CC[C@H]3C[C@@H]2C3(C)C)c2c(c1)nc(-c1ccncc1)n2C. The first-order valence-electron chi connectivity index (χ1n) is 12.5. The second-order valence-corrected chi connectivity index (χ2v) is 10.4. The molecular formula is C28H33N5O3. The Morgan fingerprint density at radius 2 is 2.00 bits per heavy atom. The van der Waals surface area contributed by atoms with Gasteiger partial charge < -0.3 is 19.9 Å². The fraction of sp³-hybridized carbons (Fsp3) is 0.429. The van der Waals surface area contributed by atoms with Crippen LogP contribution in [0.4, 0.5) is 5.69 Å². The highest BCUT2D eigenvalue weighted by Crippen LogP contribution is 2.59. The lowest BCUT2D eigenvalue weighted by Crippen LogP contribution is -2.48. The summed E-state index contributed by atoms with van der Waals surface area (Å²) >= 11 is 0. The van der Waals surface area contributed by atoms with Crippen LogP contribution in [0.25, 0.3) is 22.4 Å². The van der Waals surface area contributed by atoms with Crippen molar-refractivity contribution in [1.29, 1.82) is 0 Å². The minimum atomic E-state index is -0.292. The van der Waals surface area contributed by atoms with Gasteiger partial charge in [0.25, 0.3) is 5.91 Å². The number of allylic oxidation sites excluding steroid dienone is 1. The zero-order valence-electron chi connectivity index (χ0n) is 21.3. The van der Waals surface area contributed by atoms with Crippen molar-refractivity contribution in [2.24, 2.45) is 24.3 Å². The van der Waals surface area contributed by atoms with Gasteiger partial charge in [0.15, 0.2) is 0 Å². The van der Waals surface area contributed by atoms with E-state index in [0.29, 0.717) is 40.2 Å². The van der Waals surface area contributed by atoms with Gasteiger partial charge in [-0.25, -0.2) is 4.98 Å².